The average Bonchev–Trinajstić information content (AvgIpc) is 3.44. The van der Waals surface area contributed by atoms with Crippen LogP contribution in [0.25, 0.3) is 0 Å². The molecule has 4 rings (SSSR count). The van der Waals surface area contributed by atoms with E-state index in [4.69, 9.17) is 0 Å². The summed E-state index contributed by atoms with van der Waals surface area (Å²) < 4.78 is 7.26. The smallest absolute Gasteiger partial charge is 0.308 e. The number of nitrogens with zero attached hydrogens (tertiary/aromatic N) is 4. The van der Waals surface area contributed by atoms with Crippen molar-refractivity contribution in [1.29, 1.82) is 0 Å². The van der Waals surface area contributed by atoms with Crippen LogP contribution in [0.15, 0.2) is 73.1 Å². The van der Waals surface area contributed by atoms with Gasteiger partial charge in [0, 0.05) is 34.4 Å². The van der Waals surface area contributed by atoms with Gasteiger partial charge in [0.2, 0.25) is 0 Å². The molecule has 2 aromatic heterocycles. The largest absolute Gasteiger partial charge is 0.324 e. The van der Waals surface area contributed by atoms with Crippen molar-refractivity contribution in [2.75, 3.05) is 21.3 Å². The highest BCUT2D eigenvalue weighted by atomic mass is 32.1. The molecule has 0 unspecified atom stereocenters. The lowest BCUT2D eigenvalue weighted by molar-refractivity contribution is 0.261. The number of anilines is 4. The Bertz CT molecular complexity index is 943. The van der Waals surface area contributed by atoms with Gasteiger partial charge in [0.05, 0.1) is 12.4 Å². The van der Waals surface area contributed by atoms with Gasteiger partial charge in [-0.2, -0.15) is 0 Å². The number of urea groups is 2. The Morgan fingerprint density at radius 2 is 1.00 bits per heavy atom. The maximum absolute atomic E-state index is 11.4. The third kappa shape index (κ3) is 7.26. The van der Waals surface area contributed by atoms with Crippen molar-refractivity contribution in [1.82, 2.24) is 19.2 Å². The molecule has 4 amide bonds. The molecule has 4 aromatic rings. The second kappa shape index (κ2) is 11.2. The van der Waals surface area contributed by atoms with Crippen molar-refractivity contribution in [2.24, 2.45) is 0 Å². The van der Waals surface area contributed by atoms with Crippen LogP contribution in [0.5, 0.6) is 0 Å². The molecular weight excluding hydrogens is 424 g/mol. The fourth-order valence-corrected chi connectivity index (χ4v) is 2.87. The van der Waals surface area contributed by atoms with Crippen molar-refractivity contribution in [3.05, 3.63) is 73.1 Å². The first-order valence-corrected chi connectivity index (χ1v) is 10.0. The van der Waals surface area contributed by atoms with Gasteiger partial charge in [-0.1, -0.05) is 45.4 Å². The second-order valence-electron chi connectivity index (χ2n) is 5.45. The van der Waals surface area contributed by atoms with E-state index in [1.54, 1.807) is 0 Å². The number of rotatable bonds is 4. The number of carbonyl (C=O) groups excluding carboxylic acids is 2. The van der Waals surface area contributed by atoms with E-state index in [-0.39, 0.29) is 12.1 Å². The molecule has 0 spiro atoms. The van der Waals surface area contributed by atoms with Crippen LogP contribution in [0.2, 0.25) is 0 Å². The van der Waals surface area contributed by atoms with Crippen molar-refractivity contribution >= 4 is 56.5 Å². The summed E-state index contributed by atoms with van der Waals surface area (Å²) in [5, 5.41) is 19.0. The van der Waals surface area contributed by atoms with Gasteiger partial charge in [0.15, 0.2) is 0 Å². The maximum Gasteiger partial charge on any atom is 0.324 e. The molecular formula is C18H16N8O2S2. The normalized spacial score (nSPS) is 9.60. The topological polar surface area (TPSA) is 134 Å². The Morgan fingerprint density at radius 3 is 1.33 bits per heavy atom. The number of nitrogens with one attached hydrogen (secondary N) is 4. The molecule has 0 radical (unpaired) electrons. The van der Waals surface area contributed by atoms with Gasteiger partial charge >= 0.3 is 12.1 Å². The van der Waals surface area contributed by atoms with Crippen molar-refractivity contribution in [3.8, 4) is 0 Å². The summed E-state index contributed by atoms with van der Waals surface area (Å²) in [5.74, 6) is 0. The Morgan fingerprint density at radius 1 is 0.600 bits per heavy atom. The van der Waals surface area contributed by atoms with Gasteiger partial charge in [-0.05, 0) is 24.3 Å². The Hall–Kier alpha value is -3.90. The quantitative estimate of drug-likeness (QED) is 0.372. The summed E-state index contributed by atoms with van der Waals surface area (Å²) in [5.41, 5.74) is 1.49. The highest BCUT2D eigenvalue weighted by molar-refractivity contribution is 7.10. The number of amides is 4. The lowest BCUT2D eigenvalue weighted by Gasteiger charge is -2.04. The van der Waals surface area contributed by atoms with Gasteiger partial charge in [0.25, 0.3) is 0 Å². The van der Waals surface area contributed by atoms with E-state index < -0.39 is 0 Å². The average molecular weight is 441 g/mol. The van der Waals surface area contributed by atoms with E-state index in [1.807, 2.05) is 60.7 Å². The van der Waals surface area contributed by atoms with E-state index in [2.05, 4.69) is 40.4 Å². The third-order valence-electron chi connectivity index (χ3n) is 3.26. The summed E-state index contributed by atoms with van der Waals surface area (Å²) in [6, 6.07) is 17.8. The van der Waals surface area contributed by atoms with Crippen LogP contribution in [-0.2, 0) is 0 Å². The molecule has 0 atom stereocenters. The number of para-hydroxylation sites is 2. The fraction of sp³-hybridized carbons (Fsp3) is 0. The minimum absolute atomic E-state index is 0.299. The summed E-state index contributed by atoms with van der Waals surface area (Å²) in [7, 11) is 0. The summed E-state index contributed by atoms with van der Waals surface area (Å²) in [4.78, 5) is 22.8. The molecule has 2 aromatic carbocycles. The monoisotopic (exact) mass is 440 g/mol. The van der Waals surface area contributed by atoms with E-state index >= 15 is 0 Å². The molecule has 0 bridgehead atoms. The minimum atomic E-state index is -0.299. The fourth-order valence-electron chi connectivity index (χ4n) is 2.04. The molecule has 2 heterocycles. The number of hydrogen-bond donors (Lipinski definition) is 4. The van der Waals surface area contributed by atoms with Crippen LogP contribution in [-0.4, -0.2) is 31.2 Å². The third-order valence-corrected chi connectivity index (χ3v) is 4.42. The molecule has 10 nitrogen and oxygen atoms in total. The molecule has 0 aliphatic rings. The second-order valence-corrected chi connectivity index (χ2v) is 7.03. The van der Waals surface area contributed by atoms with Gasteiger partial charge < -0.3 is 10.6 Å². The standard InChI is InChI=1S/2C9H8N4OS/c2*14-9(12-8-6-10-13-15-8)11-7-4-2-1-3-5-7/h2*1-6H,(H2,11,12,14). The number of carbonyl (C=O) groups is 2. The highest BCUT2D eigenvalue weighted by Gasteiger charge is 2.04. The lowest BCUT2D eigenvalue weighted by Crippen LogP contribution is -2.18. The number of benzene rings is 2. The predicted molar refractivity (Wildman–Crippen MR) is 118 cm³/mol. The van der Waals surface area contributed by atoms with Crippen LogP contribution < -0.4 is 21.3 Å². The Balaban J connectivity index is 0.000000171. The molecule has 0 aliphatic carbocycles. The van der Waals surface area contributed by atoms with Crippen LogP contribution in [0, 0.1) is 0 Å². The van der Waals surface area contributed by atoms with Crippen molar-refractivity contribution in [2.45, 2.75) is 0 Å². The van der Waals surface area contributed by atoms with Crippen LogP contribution in [0.1, 0.15) is 0 Å². The predicted octanol–water partition coefficient (Wildman–Crippen LogP) is 4.36. The first-order valence-electron chi connectivity index (χ1n) is 8.50. The zero-order chi connectivity index (χ0) is 21.0. The molecule has 0 saturated carbocycles. The molecule has 0 saturated heterocycles. The highest BCUT2D eigenvalue weighted by Crippen LogP contribution is 2.12. The SMILES string of the molecule is O=C(Nc1ccccc1)Nc1cnns1.O=C(Nc1ccccc1)Nc1cnns1. The number of hydrogen-bond acceptors (Lipinski definition) is 8. The molecule has 0 fully saturated rings. The first kappa shape index (κ1) is 20.8. The van der Waals surface area contributed by atoms with Crippen molar-refractivity contribution in [3.63, 3.8) is 0 Å². The number of aromatic nitrogens is 4. The Labute approximate surface area is 179 Å². The van der Waals surface area contributed by atoms with Gasteiger partial charge in [0.1, 0.15) is 10.0 Å². The van der Waals surface area contributed by atoms with E-state index in [0.717, 1.165) is 34.4 Å². The zero-order valence-electron chi connectivity index (χ0n) is 15.4. The van der Waals surface area contributed by atoms with Crippen molar-refractivity contribution < 1.29 is 9.59 Å². The van der Waals surface area contributed by atoms with Gasteiger partial charge in [-0.25, -0.2) is 9.59 Å². The minimum Gasteiger partial charge on any atom is -0.308 e. The van der Waals surface area contributed by atoms with E-state index in [9.17, 15) is 9.59 Å². The molecule has 4 N–H and O–H groups in total. The summed E-state index contributed by atoms with van der Waals surface area (Å²) >= 11 is 2.26. The molecule has 12 heteroatoms. The summed E-state index contributed by atoms with van der Waals surface area (Å²) in [6.07, 6.45) is 2.99. The molecule has 0 aliphatic heterocycles. The molecule has 152 valence electrons. The molecule has 30 heavy (non-hydrogen) atoms. The van der Waals surface area contributed by atoms with Crippen LogP contribution in [0.3, 0.4) is 0 Å². The van der Waals surface area contributed by atoms with Gasteiger partial charge in [-0.3, -0.25) is 10.6 Å². The Kier molecular flexibility index (Phi) is 7.77. The van der Waals surface area contributed by atoms with Crippen LogP contribution in [0.4, 0.5) is 31.0 Å². The van der Waals surface area contributed by atoms with Gasteiger partial charge in [-0.15, -0.1) is 10.2 Å². The summed E-state index contributed by atoms with van der Waals surface area (Å²) in [6.45, 7) is 0. The maximum atomic E-state index is 11.4. The first-order chi connectivity index (χ1) is 14.7. The van der Waals surface area contributed by atoms with E-state index in [1.165, 1.54) is 12.4 Å². The van der Waals surface area contributed by atoms with Crippen LogP contribution >= 0.6 is 23.1 Å². The van der Waals surface area contributed by atoms with E-state index in [0.29, 0.717) is 10.0 Å². The zero-order valence-corrected chi connectivity index (χ0v) is 17.0. The lowest BCUT2D eigenvalue weighted by atomic mass is 10.3.